The van der Waals surface area contributed by atoms with Crippen molar-refractivity contribution in [3.05, 3.63) is 65.7 Å². The van der Waals surface area contributed by atoms with E-state index >= 15 is 0 Å². The second-order valence-electron chi connectivity index (χ2n) is 9.18. The van der Waals surface area contributed by atoms with Gasteiger partial charge in [0, 0.05) is 23.4 Å². The molecule has 8 nitrogen and oxygen atoms in total. The molecule has 3 aromatic rings. The number of carbonyl (C=O) groups is 2. The molecular weight excluding hydrogens is 428 g/mol. The molecule has 2 heterocycles. The van der Waals surface area contributed by atoms with Gasteiger partial charge in [0.25, 0.3) is 0 Å². The Morgan fingerprint density at radius 2 is 1.79 bits per heavy atom. The topological polar surface area (TPSA) is 100 Å². The minimum atomic E-state index is -0.541. The van der Waals surface area contributed by atoms with Crippen LogP contribution in [0.5, 0.6) is 0 Å². The Hall–Kier alpha value is -3.65. The molecule has 0 bridgehead atoms. The van der Waals surface area contributed by atoms with Crippen LogP contribution < -0.4 is 21.3 Å². The molecule has 2 aromatic carbocycles. The van der Waals surface area contributed by atoms with E-state index in [2.05, 4.69) is 21.3 Å². The molecule has 1 aromatic heterocycles. The number of rotatable bonds is 4. The summed E-state index contributed by atoms with van der Waals surface area (Å²) in [7, 11) is 0. The van der Waals surface area contributed by atoms with Gasteiger partial charge in [-0.2, -0.15) is 5.10 Å². The number of aromatic nitrogens is 2. The van der Waals surface area contributed by atoms with Crippen LogP contribution in [0.3, 0.4) is 0 Å². The van der Waals surface area contributed by atoms with Gasteiger partial charge in [0.1, 0.15) is 5.82 Å². The van der Waals surface area contributed by atoms with Gasteiger partial charge < -0.3 is 10.6 Å². The van der Waals surface area contributed by atoms with Gasteiger partial charge in [-0.05, 0) is 49.9 Å². The Bertz CT molecular complexity index is 1210. The lowest BCUT2D eigenvalue weighted by Gasteiger charge is -2.40. The van der Waals surface area contributed by atoms with Gasteiger partial charge in [-0.15, -0.1) is 0 Å². The highest BCUT2D eigenvalue weighted by atomic mass is 16.2. The summed E-state index contributed by atoms with van der Waals surface area (Å²) in [6.45, 7) is 4.04. The largest absolute Gasteiger partial charge is 0.324 e. The van der Waals surface area contributed by atoms with E-state index < -0.39 is 6.29 Å². The molecule has 2 aliphatic rings. The molecule has 8 heteroatoms. The van der Waals surface area contributed by atoms with Crippen LogP contribution in [0, 0.1) is 19.8 Å². The zero-order valence-electron chi connectivity index (χ0n) is 19.5. The molecular formula is C26H30N6O2. The Kier molecular flexibility index (Phi) is 6.06. The summed E-state index contributed by atoms with van der Waals surface area (Å²) in [5, 5.41) is 17.2. The molecule has 1 aliphatic carbocycles. The minimum Gasteiger partial charge on any atom is -0.322 e. The number of aryl methyl sites for hydroxylation is 2. The minimum absolute atomic E-state index is 0.0151. The number of nitrogens with zero attached hydrogens (tertiary/aromatic N) is 2. The summed E-state index contributed by atoms with van der Waals surface area (Å²) >= 11 is 0. The van der Waals surface area contributed by atoms with Gasteiger partial charge in [-0.25, -0.2) is 9.48 Å². The zero-order valence-corrected chi connectivity index (χ0v) is 19.5. The lowest BCUT2D eigenvalue weighted by molar-refractivity contribution is -0.132. The number of hydrogen-bond acceptors (Lipinski definition) is 4. The maximum Gasteiger partial charge on any atom is 0.324 e. The van der Waals surface area contributed by atoms with E-state index in [1.165, 1.54) is 0 Å². The first-order chi connectivity index (χ1) is 16.5. The van der Waals surface area contributed by atoms with Crippen LogP contribution in [0.4, 0.5) is 16.3 Å². The van der Waals surface area contributed by atoms with Crippen molar-refractivity contribution < 1.29 is 9.59 Å². The van der Waals surface area contributed by atoms with Gasteiger partial charge in [0.2, 0.25) is 5.91 Å². The fourth-order valence-corrected chi connectivity index (χ4v) is 4.79. The quantitative estimate of drug-likeness (QED) is 0.461. The van der Waals surface area contributed by atoms with Gasteiger partial charge in [-0.3, -0.25) is 15.4 Å². The Morgan fingerprint density at radius 3 is 2.59 bits per heavy atom. The molecule has 1 saturated carbocycles. The molecule has 0 spiro atoms. The monoisotopic (exact) mass is 458 g/mol. The SMILES string of the molecule is Cc1ccc(NC(=O)Nc2cc(-c3ccccc3)nn2C2NC(=O)C3CCCCC3N2)cc1C. The smallest absolute Gasteiger partial charge is 0.322 e. The number of benzene rings is 2. The number of hydrogen-bond donors (Lipinski definition) is 4. The first-order valence-corrected chi connectivity index (χ1v) is 11.8. The standard InChI is InChI=1S/C26H30N6O2/c1-16-12-13-19(14-17(16)2)27-26(34)29-23-15-22(18-8-4-3-5-9-18)31-32(23)25-28-21-11-7-6-10-20(21)24(33)30-25/h3-5,8-9,12-15,20-21,25,28H,6-7,10-11H2,1-2H3,(H,30,33)(H2,27,29,34). The molecule has 34 heavy (non-hydrogen) atoms. The van der Waals surface area contributed by atoms with Crippen LogP contribution in [-0.2, 0) is 4.79 Å². The van der Waals surface area contributed by atoms with Crippen LogP contribution in [0.15, 0.2) is 54.6 Å². The van der Waals surface area contributed by atoms with Crippen LogP contribution in [0.2, 0.25) is 0 Å². The molecule has 1 saturated heterocycles. The lowest BCUT2D eigenvalue weighted by Crippen LogP contribution is -2.59. The Balaban J connectivity index is 1.42. The normalized spacial score (nSPS) is 21.9. The van der Waals surface area contributed by atoms with E-state index in [4.69, 9.17) is 5.10 Å². The molecule has 176 valence electrons. The Morgan fingerprint density at radius 1 is 1.00 bits per heavy atom. The summed E-state index contributed by atoms with van der Waals surface area (Å²) in [4.78, 5) is 25.7. The van der Waals surface area contributed by atoms with Gasteiger partial charge in [0.15, 0.2) is 6.29 Å². The molecule has 3 atom stereocenters. The fraction of sp³-hybridized carbons (Fsp3) is 0.346. The number of anilines is 2. The van der Waals surface area contributed by atoms with E-state index in [-0.39, 0.29) is 23.9 Å². The van der Waals surface area contributed by atoms with Crippen molar-refractivity contribution >= 4 is 23.4 Å². The number of amides is 3. The van der Waals surface area contributed by atoms with Gasteiger partial charge in [-0.1, -0.05) is 49.2 Å². The third-order valence-electron chi connectivity index (χ3n) is 6.81. The molecule has 2 fully saturated rings. The van der Waals surface area contributed by atoms with Crippen molar-refractivity contribution in [2.45, 2.75) is 51.9 Å². The van der Waals surface area contributed by atoms with E-state index in [0.29, 0.717) is 17.2 Å². The third kappa shape index (κ3) is 4.54. The lowest BCUT2D eigenvalue weighted by atomic mass is 9.83. The molecule has 5 rings (SSSR count). The highest BCUT2D eigenvalue weighted by molar-refractivity contribution is 5.99. The van der Waals surface area contributed by atoms with Gasteiger partial charge >= 0.3 is 6.03 Å². The highest BCUT2D eigenvalue weighted by Crippen LogP contribution is 2.31. The summed E-state index contributed by atoms with van der Waals surface area (Å²) in [5.74, 6) is 0.515. The highest BCUT2D eigenvalue weighted by Gasteiger charge is 2.38. The van der Waals surface area contributed by atoms with Crippen LogP contribution in [0.25, 0.3) is 11.3 Å². The van der Waals surface area contributed by atoms with Crippen LogP contribution in [0.1, 0.15) is 43.1 Å². The van der Waals surface area contributed by atoms with Crippen molar-refractivity contribution in [3.8, 4) is 11.3 Å². The third-order valence-corrected chi connectivity index (χ3v) is 6.81. The predicted molar refractivity (Wildman–Crippen MR) is 132 cm³/mol. The second-order valence-corrected chi connectivity index (χ2v) is 9.18. The van der Waals surface area contributed by atoms with E-state index in [0.717, 1.165) is 42.4 Å². The van der Waals surface area contributed by atoms with Crippen LogP contribution >= 0.6 is 0 Å². The van der Waals surface area contributed by atoms with Gasteiger partial charge in [0.05, 0.1) is 11.6 Å². The summed E-state index contributed by atoms with van der Waals surface area (Å²) in [6, 6.07) is 17.1. The van der Waals surface area contributed by atoms with Crippen LogP contribution in [-0.4, -0.2) is 27.8 Å². The average molecular weight is 459 g/mol. The molecule has 0 radical (unpaired) electrons. The van der Waals surface area contributed by atoms with Crippen molar-refractivity contribution in [1.29, 1.82) is 0 Å². The zero-order chi connectivity index (χ0) is 23.7. The second kappa shape index (κ2) is 9.30. The summed E-state index contributed by atoms with van der Waals surface area (Å²) in [6.07, 6.45) is 3.49. The molecule has 4 N–H and O–H groups in total. The number of urea groups is 1. The van der Waals surface area contributed by atoms with Crippen molar-refractivity contribution in [1.82, 2.24) is 20.4 Å². The van der Waals surface area contributed by atoms with Crippen molar-refractivity contribution in [3.63, 3.8) is 0 Å². The number of carbonyl (C=O) groups excluding carboxylic acids is 2. The maximum absolute atomic E-state index is 12.9. The van der Waals surface area contributed by atoms with E-state index in [1.807, 2.05) is 68.4 Å². The number of nitrogens with one attached hydrogen (secondary N) is 4. The molecule has 3 amide bonds. The molecule has 1 aliphatic heterocycles. The number of fused-ring (bicyclic) bond motifs is 1. The average Bonchev–Trinajstić information content (AvgIpc) is 3.25. The van der Waals surface area contributed by atoms with E-state index in [9.17, 15) is 9.59 Å². The first kappa shape index (κ1) is 22.2. The summed E-state index contributed by atoms with van der Waals surface area (Å²) < 4.78 is 1.66. The first-order valence-electron chi connectivity index (χ1n) is 11.8. The van der Waals surface area contributed by atoms with Crippen molar-refractivity contribution in [2.24, 2.45) is 5.92 Å². The Labute approximate surface area is 199 Å². The fourth-order valence-electron chi connectivity index (χ4n) is 4.79. The van der Waals surface area contributed by atoms with E-state index in [1.54, 1.807) is 4.68 Å². The predicted octanol–water partition coefficient (Wildman–Crippen LogP) is 4.55. The summed E-state index contributed by atoms with van der Waals surface area (Å²) in [5.41, 5.74) is 4.62. The maximum atomic E-state index is 12.9. The van der Waals surface area contributed by atoms with Crippen molar-refractivity contribution in [2.75, 3.05) is 10.6 Å². The molecule has 3 unspecified atom stereocenters.